The van der Waals surface area contributed by atoms with Gasteiger partial charge in [-0.05, 0) is 16.8 Å². The van der Waals surface area contributed by atoms with E-state index in [0.29, 0.717) is 19.6 Å². The van der Waals surface area contributed by atoms with Crippen molar-refractivity contribution in [2.45, 2.75) is 6.54 Å². The second-order valence-electron chi connectivity index (χ2n) is 4.81. The Bertz CT molecular complexity index is 714. The molecule has 0 atom stereocenters. The van der Waals surface area contributed by atoms with Crippen molar-refractivity contribution in [1.82, 2.24) is 10.0 Å². The van der Waals surface area contributed by atoms with Crippen molar-refractivity contribution in [1.29, 1.82) is 0 Å². The molecule has 2 N–H and O–H groups in total. The number of hydrogen-bond donors (Lipinski definition) is 2. The molecule has 0 amide bonds. The molecule has 21 heavy (non-hydrogen) atoms. The summed E-state index contributed by atoms with van der Waals surface area (Å²) >= 11 is 0. The van der Waals surface area contributed by atoms with Crippen LogP contribution in [0.25, 0.3) is 10.8 Å². The van der Waals surface area contributed by atoms with E-state index in [2.05, 4.69) is 22.2 Å². The van der Waals surface area contributed by atoms with E-state index < -0.39 is 10.0 Å². The molecule has 0 bridgehead atoms. The molecular weight excluding hydrogens is 288 g/mol. The molecular formula is C15H20N2O3S. The van der Waals surface area contributed by atoms with Crippen LogP contribution in [-0.4, -0.2) is 34.9 Å². The van der Waals surface area contributed by atoms with E-state index in [-0.39, 0.29) is 0 Å². The van der Waals surface area contributed by atoms with E-state index in [9.17, 15) is 8.42 Å². The summed E-state index contributed by atoms with van der Waals surface area (Å²) in [5, 5.41) is 5.53. The normalized spacial score (nSPS) is 11.7. The van der Waals surface area contributed by atoms with E-state index >= 15 is 0 Å². The first-order valence-electron chi connectivity index (χ1n) is 6.71. The van der Waals surface area contributed by atoms with Crippen LogP contribution in [0.5, 0.6) is 5.75 Å². The zero-order valence-corrected chi connectivity index (χ0v) is 13.0. The van der Waals surface area contributed by atoms with Crippen LogP contribution in [0.3, 0.4) is 0 Å². The average molecular weight is 308 g/mol. The van der Waals surface area contributed by atoms with Crippen molar-refractivity contribution in [3.8, 4) is 5.75 Å². The van der Waals surface area contributed by atoms with Gasteiger partial charge in [0, 0.05) is 25.2 Å². The quantitative estimate of drug-likeness (QED) is 0.761. The van der Waals surface area contributed by atoms with Gasteiger partial charge in [0.05, 0.1) is 13.4 Å². The maximum atomic E-state index is 11.0. The molecule has 0 aliphatic carbocycles. The highest BCUT2D eigenvalue weighted by atomic mass is 32.2. The minimum absolute atomic E-state index is 0.367. The largest absolute Gasteiger partial charge is 0.496 e. The Hall–Kier alpha value is -1.63. The fourth-order valence-corrected chi connectivity index (χ4v) is 2.70. The Kier molecular flexibility index (Phi) is 5.17. The van der Waals surface area contributed by atoms with E-state index in [4.69, 9.17) is 4.74 Å². The lowest BCUT2D eigenvalue weighted by atomic mass is 10.0. The van der Waals surface area contributed by atoms with Crippen LogP contribution in [0.2, 0.25) is 0 Å². The Morgan fingerprint density at radius 3 is 2.57 bits per heavy atom. The molecule has 0 unspecified atom stereocenters. The monoisotopic (exact) mass is 308 g/mol. The Labute approximate surface area is 125 Å². The second-order valence-corrected chi connectivity index (χ2v) is 6.64. The van der Waals surface area contributed by atoms with Crippen LogP contribution in [0.1, 0.15) is 5.56 Å². The Morgan fingerprint density at radius 1 is 1.10 bits per heavy atom. The molecule has 2 rings (SSSR count). The van der Waals surface area contributed by atoms with Crippen LogP contribution in [0.15, 0.2) is 36.4 Å². The summed E-state index contributed by atoms with van der Waals surface area (Å²) in [6.45, 7) is 1.54. The molecule has 0 heterocycles. The van der Waals surface area contributed by atoms with Gasteiger partial charge in [-0.1, -0.05) is 30.3 Å². The maximum Gasteiger partial charge on any atom is 0.208 e. The lowest BCUT2D eigenvalue weighted by Crippen LogP contribution is -2.30. The van der Waals surface area contributed by atoms with Crippen LogP contribution < -0.4 is 14.8 Å². The highest BCUT2D eigenvalue weighted by Gasteiger charge is 2.07. The first-order valence-corrected chi connectivity index (χ1v) is 8.60. The molecule has 2 aromatic rings. The van der Waals surface area contributed by atoms with Crippen LogP contribution in [-0.2, 0) is 16.6 Å². The number of ether oxygens (including phenoxy) is 1. The lowest BCUT2D eigenvalue weighted by molar-refractivity contribution is 0.409. The fraction of sp³-hybridized carbons (Fsp3) is 0.333. The van der Waals surface area contributed by atoms with E-state index in [1.807, 2.05) is 24.3 Å². The number of benzene rings is 2. The Balaban J connectivity index is 2.06. The molecule has 6 heteroatoms. The predicted octanol–water partition coefficient (Wildman–Crippen LogP) is 1.49. The number of rotatable bonds is 7. The van der Waals surface area contributed by atoms with Gasteiger partial charge in [-0.15, -0.1) is 0 Å². The lowest BCUT2D eigenvalue weighted by Gasteiger charge is -2.13. The third-order valence-corrected chi connectivity index (χ3v) is 3.91. The summed E-state index contributed by atoms with van der Waals surface area (Å²) in [6.07, 6.45) is 1.15. The SMILES string of the molecule is COc1ccc2ccccc2c1CNCCNS(C)(=O)=O. The third kappa shape index (κ3) is 4.42. The molecule has 0 spiro atoms. The summed E-state index contributed by atoms with van der Waals surface area (Å²) < 4.78 is 29.8. The van der Waals surface area contributed by atoms with Crippen molar-refractivity contribution >= 4 is 20.8 Å². The van der Waals surface area contributed by atoms with E-state index in [1.165, 1.54) is 0 Å². The van der Waals surface area contributed by atoms with Crippen LogP contribution in [0, 0.1) is 0 Å². The smallest absolute Gasteiger partial charge is 0.208 e. The summed E-state index contributed by atoms with van der Waals surface area (Å²) in [5.41, 5.74) is 1.08. The first kappa shape index (κ1) is 15.8. The molecule has 5 nitrogen and oxygen atoms in total. The van der Waals surface area contributed by atoms with Crippen molar-refractivity contribution in [2.24, 2.45) is 0 Å². The summed E-state index contributed by atoms with van der Waals surface area (Å²) in [4.78, 5) is 0. The van der Waals surface area contributed by atoms with Gasteiger partial charge in [-0.2, -0.15) is 0 Å². The van der Waals surface area contributed by atoms with E-state index in [0.717, 1.165) is 28.3 Å². The minimum atomic E-state index is -3.13. The highest BCUT2D eigenvalue weighted by Crippen LogP contribution is 2.27. The molecule has 0 aromatic heterocycles. The van der Waals surface area contributed by atoms with Crippen LogP contribution in [0.4, 0.5) is 0 Å². The minimum Gasteiger partial charge on any atom is -0.496 e. The van der Waals surface area contributed by atoms with E-state index in [1.54, 1.807) is 7.11 Å². The standard InChI is InChI=1S/C15H20N2O3S/c1-20-15-8-7-12-5-3-4-6-13(12)14(15)11-16-9-10-17-21(2,18)19/h3-8,16-17H,9-11H2,1-2H3. The fourth-order valence-electron chi connectivity index (χ4n) is 2.23. The van der Waals surface area contributed by atoms with Crippen LogP contribution >= 0.6 is 0 Å². The van der Waals surface area contributed by atoms with Gasteiger partial charge in [-0.3, -0.25) is 0 Å². The molecule has 0 fully saturated rings. The van der Waals surface area contributed by atoms with Gasteiger partial charge < -0.3 is 10.1 Å². The van der Waals surface area contributed by atoms with Gasteiger partial charge in [0.15, 0.2) is 0 Å². The van der Waals surface area contributed by atoms with Gasteiger partial charge in [-0.25, -0.2) is 13.1 Å². The van der Waals surface area contributed by atoms with Gasteiger partial charge in [0.2, 0.25) is 10.0 Å². The number of fused-ring (bicyclic) bond motifs is 1. The summed E-state index contributed by atoms with van der Waals surface area (Å²) in [7, 11) is -1.48. The number of methoxy groups -OCH3 is 1. The number of hydrogen-bond acceptors (Lipinski definition) is 4. The molecule has 0 saturated carbocycles. The van der Waals surface area contributed by atoms with Crippen molar-refractivity contribution in [3.63, 3.8) is 0 Å². The molecule has 0 radical (unpaired) electrons. The highest BCUT2D eigenvalue weighted by molar-refractivity contribution is 7.88. The second kappa shape index (κ2) is 6.89. The first-order chi connectivity index (χ1) is 10.0. The number of sulfonamides is 1. The van der Waals surface area contributed by atoms with Gasteiger partial charge >= 0.3 is 0 Å². The zero-order valence-electron chi connectivity index (χ0n) is 12.2. The summed E-state index contributed by atoms with van der Waals surface area (Å²) in [6, 6.07) is 12.1. The molecule has 0 aliphatic heterocycles. The van der Waals surface area contributed by atoms with Gasteiger partial charge in [0.25, 0.3) is 0 Å². The zero-order chi connectivity index (χ0) is 15.3. The predicted molar refractivity (Wildman–Crippen MR) is 85.1 cm³/mol. The van der Waals surface area contributed by atoms with Gasteiger partial charge in [0.1, 0.15) is 5.75 Å². The van der Waals surface area contributed by atoms with Crippen molar-refractivity contribution in [3.05, 3.63) is 42.0 Å². The summed E-state index contributed by atoms with van der Waals surface area (Å²) in [5.74, 6) is 0.831. The third-order valence-electron chi connectivity index (χ3n) is 3.19. The molecule has 0 aliphatic rings. The average Bonchev–Trinajstić information content (AvgIpc) is 2.45. The maximum absolute atomic E-state index is 11.0. The molecule has 2 aromatic carbocycles. The topological polar surface area (TPSA) is 67.4 Å². The Morgan fingerprint density at radius 2 is 1.86 bits per heavy atom. The number of nitrogens with one attached hydrogen (secondary N) is 2. The van der Waals surface area contributed by atoms with Crippen molar-refractivity contribution in [2.75, 3.05) is 26.5 Å². The molecule has 114 valence electrons. The molecule has 0 saturated heterocycles. The van der Waals surface area contributed by atoms with Crippen molar-refractivity contribution < 1.29 is 13.2 Å².